The number of rotatable bonds is 3. The van der Waals surface area contributed by atoms with Crippen molar-refractivity contribution in [3.8, 4) is 5.75 Å². The summed E-state index contributed by atoms with van der Waals surface area (Å²) in [5, 5.41) is 6.16. The Hall–Kier alpha value is -2.53. The van der Waals surface area contributed by atoms with Gasteiger partial charge in [0.15, 0.2) is 6.61 Å². The number of amides is 2. The molecule has 6 heteroatoms. The number of ether oxygens (including phenoxy) is 1. The van der Waals surface area contributed by atoms with E-state index in [1.807, 2.05) is 12.1 Å². The Morgan fingerprint density at radius 3 is 2.77 bits per heavy atom. The first kappa shape index (κ1) is 14.4. The molecule has 22 heavy (non-hydrogen) atoms. The number of hydrogen-bond donors (Lipinski definition) is 2. The number of carbonyl (C=O) groups excluding carboxylic acids is 2. The van der Waals surface area contributed by atoms with Gasteiger partial charge in [-0.05, 0) is 35.9 Å². The van der Waals surface area contributed by atoms with Gasteiger partial charge in [0, 0.05) is 17.1 Å². The zero-order chi connectivity index (χ0) is 15.5. The van der Waals surface area contributed by atoms with Crippen LogP contribution in [0.25, 0.3) is 0 Å². The third-order valence-corrected chi connectivity index (χ3v) is 3.49. The van der Waals surface area contributed by atoms with Crippen LogP contribution in [-0.4, -0.2) is 18.4 Å². The largest absolute Gasteiger partial charge is 0.482 e. The normalized spacial score (nSPS) is 12.9. The Kier molecular flexibility index (Phi) is 3.98. The van der Waals surface area contributed by atoms with E-state index in [-0.39, 0.29) is 18.4 Å². The molecule has 0 fully saturated rings. The van der Waals surface area contributed by atoms with Gasteiger partial charge in [0.1, 0.15) is 5.75 Å². The number of anilines is 1. The SMILES string of the molecule is O=C1COc2cc(C(=O)NCc3ccc(Cl)cc3)ccc2N1. The van der Waals surface area contributed by atoms with Crippen molar-refractivity contribution < 1.29 is 14.3 Å². The topological polar surface area (TPSA) is 67.4 Å². The molecule has 1 heterocycles. The van der Waals surface area contributed by atoms with Crippen LogP contribution in [0.15, 0.2) is 42.5 Å². The minimum atomic E-state index is -0.210. The van der Waals surface area contributed by atoms with Crippen molar-refractivity contribution >= 4 is 29.1 Å². The van der Waals surface area contributed by atoms with Gasteiger partial charge in [0.25, 0.3) is 11.8 Å². The summed E-state index contributed by atoms with van der Waals surface area (Å²) in [6.07, 6.45) is 0. The first-order valence-electron chi connectivity index (χ1n) is 6.71. The molecule has 0 saturated heterocycles. The lowest BCUT2D eigenvalue weighted by Gasteiger charge is -2.18. The molecule has 1 aliphatic heterocycles. The zero-order valence-electron chi connectivity index (χ0n) is 11.6. The molecule has 0 bridgehead atoms. The maximum absolute atomic E-state index is 12.2. The summed E-state index contributed by atoms with van der Waals surface area (Å²) in [7, 11) is 0. The summed E-state index contributed by atoms with van der Waals surface area (Å²) in [6, 6.07) is 12.2. The van der Waals surface area contributed by atoms with Gasteiger partial charge in [-0.15, -0.1) is 0 Å². The van der Waals surface area contributed by atoms with Gasteiger partial charge in [-0.2, -0.15) is 0 Å². The molecule has 0 unspecified atom stereocenters. The summed E-state index contributed by atoms with van der Waals surface area (Å²) in [5.41, 5.74) is 2.01. The monoisotopic (exact) mass is 316 g/mol. The molecule has 0 aromatic heterocycles. The average Bonchev–Trinajstić information content (AvgIpc) is 2.53. The maximum atomic E-state index is 12.2. The van der Waals surface area contributed by atoms with Crippen molar-refractivity contribution in [1.82, 2.24) is 5.32 Å². The Balaban J connectivity index is 1.67. The van der Waals surface area contributed by atoms with E-state index < -0.39 is 0 Å². The van der Waals surface area contributed by atoms with Crippen molar-refractivity contribution in [3.63, 3.8) is 0 Å². The van der Waals surface area contributed by atoms with Crippen LogP contribution < -0.4 is 15.4 Å². The Labute approximate surface area is 132 Å². The molecule has 0 atom stereocenters. The maximum Gasteiger partial charge on any atom is 0.262 e. The molecule has 3 rings (SSSR count). The highest BCUT2D eigenvalue weighted by Crippen LogP contribution is 2.28. The van der Waals surface area contributed by atoms with Gasteiger partial charge in [-0.3, -0.25) is 9.59 Å². The lowest BCUT2D eigenvalue weighted by Crippen LogP contribution is -2.26. The minimum absolute atomic E-state index is 0.0388. The number of fused-ring (bicyclic) bond motifs is 1. The molecule has 2 N–H and O–H groups in total. The summed E-state index contributed by atoms with van der Waals surface area (Å²) in [4.78, 5) is 23.4. The number of nitrogens with one attached hydrogen (secondary N) is 2. The van der Waals surface area contributed by atoms with Gasteiger partial charge in [-0.1, -0.05) is 23.7 Å². The second-order valence-electron chi connectivity index (χ2n) is 4.86. The fourth-order valence-electron chi connectivity index (χ4n) is 2.10. The Morgan fingerprint density at radius 2 is 2.00 bits per heavy atom. The van der Waals surface area contributed by atoms with Crippen LogP contribution >= 0.6 is 11.6 Å². The molecule has 112 valence electrons. The van der Waals surface area contributed by atoms with E-state index in [0.717, 1.165) is 5.56 Å². The van der Waals surface area contributed by atoms with Crippen LogP contribution in [0.3, 0.4) is 0 Å². The molecular weight excluding hydrogens is 304 g/mol. The average molecular weight is 317 g/mol. The first-order valence-corrected chi connectivity index (χ1v) is 7.09. The fraction of sp³-hybridized carbons (Fsp3) is 0.125. The van der Waals surface area contributed by atoms with Crippen LogP contribution in [-0.2, 0) is 11.3 Å². The van der Waals surface area contributed by atoms with Crippen LogP contribution in [0.1, 0.15) is 15.9 Å². The third-order valence-electron chi connectivity index (χ3n) is 3.24. The van der Waals surface area contributed by atoms with Crippen molar-refractivity contribution in [2.24, 2.45) is 0 Å². The molecule has 2 aromatic carbocycles. The molecule has 0 saturated carbocycles. The van der Waals surface area contributed by atoms with E-state index in [4.69, 9.17) is 16.3 Å². The molecule has 1 aliphatic rings. The summed E-state index contributed by atoms with van der Waals surface area (Å²) >= 11 is 5.82. The van der Waals surface area contributed by atoms with Crippen molar-refractivity contribution in [1.29, 1.82) is 0 Å². The second kappa shape index (κ2) is 6.07. The minimum Gasteiger partial charge on any atom is -0.482 e. The van der Waals surface area contributed by atoms with Gasteiger partial charge < -0.3 is 15.4 Å². The van der Waals surface area contributed by atoms with Crippen LogP contribution in [0.2, 0.25) is 5.02 Å². The predicted molar refractivity (Wildman–Crippen MR) is 83.2 cm³/mol. The van der Waals surface area contributed by atoms with E-state index in [0.29, 0.717) is 28.6 Å². The van der Waals surface area contributed by atoms with Gasteiger partial charge in [-0.25, -0.2) is 0 Å². The van der Waals surface area contributed by atoms with Crippen LogP contribution in [0, 0.1) is 0 Å². The highest BCUT2D eigenvalue weighted by Gasteiger charge is 2.17. The first-order chi connectivity index (χ1) is 10.6. The fourth-order valence-corrected chi connectivity index (χ4v) is 2.23. The standard InChI is InChI=1S/C16H13ClN2O3/c17-12-4-1-10(2-5-12)8-18-16(21)11-3-6-13-14(7-11)22-9-15(20)19-13/h1-7H,8-9H2,(H,18,21)(H,19,20). The quantitative estimate of drug-likeness (QED) is 0.914. The van der Waals surface area contributed by atoms with E-state index in [1.54, 1.807) is 30.3 Å². The Morgan fingerprint density at radius 1 is 1.23 bits per heavy atom. The number of benzene rings is 2. The molecule has 0 aliphatic carbocycles. The molecule has 0 spiro atoms. The summed E-state index contributed by atoms with van der Waals surface area (Å²) < 4.78 is 5.30. The molecule has 2 amide bonds. The van der Waals surface area contributed by atoms with Crippen LogP contribution in [0.4, 0.5) is 5.69 Å². The predicted octanol–water partition coefficient (Wildman–Crippen LogP) is 2.60. The molecular formula is C16H13ClN2O3. The lowest BCUT2D eigenvalue weighted by atomic mass is 10.1. The number of hydrogen-bond acceptors (Lipinski definition) is 3. The zero-order valence-corrected chi connectivity index (χ0v) is 12.3. The van der Waals surface area contributed by atoms with Crippen molar-refractivity contribution in [2.75, 3.05) is 11.9 Å². The van der Waals surface area contributed by atoms with E-state index in [9.17, 15) is 9.59 Å². The number of carbonyl (C=O) groups is 2. The van der Waals surface area contributed by atoms with Crippen LogP contribution in [0.5, 0.6) is 5.75 Å². The highest BCUT2D eigenvalue weighted by molar-refractivity contribution is 6.30. The Bertz CT molecular complexity index is 729. The third kappa shape index (κ3) is 3.20. The summed E-state index contributed by atoms with van der Waals surface area (Å²) in [6.45, 7) is 0.369. The van der Waals surface area contributed by atoms with E-state index in [2.05, 4.69) is 10.6 Å². The van der Waals surface area contributed by atoms with Crippen molar-refractivity contribution in [3.05, 3.63) is 58.6 Å². The molecule has 2 aromatic rings. The molecule has 5 nitrogen and oxygen atoms in total. The van der Waals surface area contributed by atoms with Gasteiger partial charge in [0.05, 0.1) is 5.69 Å². The molecule has 0 radical (unpaired) electrons. The smallest absolute Gasteiger partial charge is 0.262 e. The second-order valence-corrected chi connectivity index (χ2v) is 5.29. The highest BCUT2D eigenvalue weighted by atomic mass is 35.5. The van der Waals surface area contributed by atoms with Gasteiger partial charge in [0.2, 0.25) is 0 Å². The van der Waals surface area contributed by atoms with E-state index in [1.165, 1.54) is 0 Å². The summed E-state index contributed by atoms with van der Waals surface area (Å²) in [5.74, 6) is 0.0874. The van der Waals surface area contributed by atoms with Gasteiger partial charge >= 0.3 is 0 Å². The lowest BCUT2D eigenvalue weighted by molar-refractivity contribution is -0.118. The number of halogens is 1. The van der Waals surface area contributed by atoms with Crippen molar-refractivity contribution in [2.45, 2.75) is 6.54 Å². The van der Waals surface area contributed by atoms with E-state index >= 15 is 0 Å².